The van der Waals surface area contributed by atoms with Crippen molar-refractivity contribution in [2.24, 2.45) is 0 Å². The number of unbranched alkanes of at least 4 members (excludes halogenated alkanes) is 1. The highest BCUT2D eigenvalue weighted by atomic mass is 16.1. The zero-order valence-corrected chi connectivity index (χ0v) is 13.7. The highest BCUT2D eigenvalue weighted by Gasteiger charge is 2.20. The van der Waals surface area contributed by atoms with E-state index < -0.39 is 0 Å². The van der Waals surface area contributed by atoms with Crippen molar-refractivity contribution in [1.29, 1.82) is 0 Å². The van der Waals surface area contributed by atoms with Crippen molar-refractivity contribution in [3.8, 4) is 0 Å². The smallest absolute Gasteiger partial charge is 0.255 e. The molecule has 1 aromatic heterocycles. The summed E-state index contributed by atoms with van der Waals surface area (Å²) in [5.41, 5.74) is 3.77. The Morgan fingerprint density at radius 2 is 2.10 bits per heavy atom. The molecule has 4 nitrogen and oxygen atoms in total. The molecule has 0 bridgehead atoms. The van der Waals surface area contributed by atoms with Crippen molar-refractivity contribution < 1.29 is 0 Å². The Hall–Kier alpha value is -1.13. The number of nitrogens with one attached hydrogen (secondary N) is 1. The van der Waals surface area contributed by atoms with E-state index in [0.717, 1.165) is 57.5 Å². The minimum Gasteiger partial charge on any atom is -0.313 e. The Kier molecular flexibility index (Phi) is 6.00. The third kappa shape index (κ3) is 3.74. The Morgan fingerprint density at radius 1 is 1.29 bits per heavy atom. The fourth-order valence-electron chi connectivity index (χ4n) is 3.05. The molecule has 1 aliphatic heterocycles. The maximum atomic E-state index is 12.7. The fraction of sp³-hybridized carbons (Fsp3) is 0.706. The number of hydrogen-bond donors (Lipinski definition) is 1. The van der Waals surface area contributed by atoms with Crippen LogP contribution >= 0.6 is 0 Å². The average molecular weight is 291 g/mol. The van der Waals surface area contributed by atoms with Gasteiger partial charge in [0.25, 0.3) is 5.56 Å². The van der Waals surface area contributed by atoms with Crippen LogP contribution in [0.4, 0.5) is 0 Å². The molecule has 2 rings (SSSR count). The molecule has 0 spiro atoms. The second-order valence-electron chi connectivity index (χ2n) is 5.85. The van der Waals surface area contributed by atoms with E-state index >= 15 is 0 Å². The zero-order valence-electron chi connectivity index (χ0n) is 13.7. The SMILES string of the molecule is CCCCn1c2c(cc(CNCC)c1=O)CN(CC)CC2. The Balaban J connectivity index is 2.38. The van der Waals surface area contributed by atoms with Crippen molar-refractivity contribution in [3.63, 3.8) is 0 Å². The van der Waals surface area contributed by atoms with Gasteiger partial charge in [0.05, 0.1) is 0 Å². The molecule has 21 heavy (non-hydrogen) atoms. The molecule has 0 radical (unpaired) electrons. The molecule has 118 valence electrons. The van der Waals surface area contributed by atoms with Crippen LogP contribution in [0.2, 0.25) is 0 Å². The second-order valence-corrected chi connectivity index (χ2v) is 5.85. The summed E-state index contributed by atoms with van der Waals surface area (Å²) < 4.78 is 2.05. The molecule has 4 heteroatoms. The number of fused-ring (bicyclic) bond motifs is 1. The summed E-state index contributed by atoms with van der Waals surface area (Å²) in [5.74, 6) is 0. The van der Waals surface area contributed by atoms with Gasteiger partial charge in [0, 0.05) is 43.9 Å². The minimum atomic E-state index is 0.216. The van der Waals surface area contributed by atoms with Gasteiger partial charge in [0.1, 0.15) is 0 Å². The summed E-state index contributed by atoms with van der Waals surface area (Å²) in [7, 11) is 0. The zero-order chi connectivity index (χ0) is 15.2. The molecule has 0 unspecified atom stereocenters. The van der Waals surface area contributed by atoms with Gasteiger partial charge in [-0.1, -0.05) is 27.2 Å². The molecule has 0 aromatic carbocycles. The Labute approximate surface area is 128 Å². The first-order chi connectivity index (χ1) is 10.2. The van der Waals surface area contributed by atoms with E-state index in [1.54, 1.807) is 0 Å². The maximum Gasteiger partial charge on any atom is 0.255 e. The molecular formula is C17H29N3O. The molecule has 0 saturated carbocycles. The molecule has 2 heterocycles. The summed E-state index contributed by atoms with van der Waals surface area (Å²) >= 11 is 0. The number of rotatable bonds is 7. The first-order valence-corrected chi connectivity index (χ1v) is 8.38. The largest absolute Gasteiger partial charge is 0.313 e. The van der Waals surface area contributed by atoms with Gasteiger partial charge < -0.3 is 9.88 Å². The Morgan fingerprint density at radius 3 is 2.76 bits per heavy atom. The van der Waals surface area contributed by atoms with Crippen LogP contribution in [0.3, 0.4) is 0 Å². The molecule has 0 aliphatic carbocycles. The summed E-state index contributed by atoms with van der Waals surface area (Å²) in [6.07, 6.45) is 3.21. The monoisotopic (exact) mass is 291 g/mol. The molecular weight excluding hydrogens is 262 g/mol. The van der Waals surface area contributed by atoms with E-state index in [-0.39, 0.29) is 5.56 Å². The average Bonchev–Trinajstić information content (AvgIpc) is 2.51. The van der Waals surface area contributed by atoms with Crippen LogP contribution in [0.5, 0.6) is 0 Å². The number of hydrogen-bond acceptors (Lipinski definition) is 3. The maximum absolute atomic E-state index is 12.7. The van der Waals surface area contributed by atoms with E-state index in [2.05, 4.69) is 41.6 Å². The lowest BCUT2D eigenvalue weighted by molar-refractivity contribution is 0.261. The molecule has 0 fully saturated rings. The predicted octanol–water partition coefficient (Wildman–Crippen LogP) is 2.14. The highest BCUT2D eigenvalue weighted by Crippen LogP contribution is 2.19. The molecule has 1 N–H and O–H groups in total. The third-order valence-corrected chi connectivity index (χ3v) is 4.37. The van der Waals surface area contributed by atoms with Crippen LogP contribution in [0.1, 0.15) is 50.4 Å². The highest BCUT2D eigenvalue weighted by molar-refractivity contribution is 5.29. The van der Waals surface area contributed by atoms with E-state index in [1.165, 1.54) is 11.3 Å². The summed E-state index contributed by atoms with van der Waals surface area (Å²) in [4.78, 5) is 15.2. The number of aromatic nitrogens is 1. The van der Waals surface area contributed by atoms with Gasteiger partial charge in [-0.3, -0.25) is 9.69 Å². The number of likely N-dealkylation sites (N-methyl/N-ethyl adjacent to an activating group) is 1. The molecule has 1 aromatic rings. The van der Waals surface area contributed by atoms with Gasteiger partial charge in [-0.15, -0.1) is 0 Å². The molecule has 0 saturated heterocycles. The lowest BCUT2D eigenvalue weighted by Gasteiger charge is -2.30. The first kappa shape index (κ1) is 16.2. The summed E-state index contributed by atoms with van der Waals surface area (Å²) in [6.45, 7) is 12.0. The standard InChI is InChI=1S/C17H29N3O/c1-4-7-9-20-16-8-10-19(6-3)13-15(16)11-14(17(20)21)12-18-5-2/h11,18H,4-10,12-13H2,1-3H3. The molecule has 0 amide bonds. The summed E-state index contributed by atoms with van der Waals surface area (Å²) in [5, 5.41) is 3.29. The third-order valence-electron chi connectivity index (χ3n) is 4.37. The Bertz CT molecular complexity index is 522. The van der Waals surface area contributed by atoms with Crippen LogP contribution in [0.25, 0.3) is 0 Å². The normalized spacial score (nSPS) is 15.2. The van der Waals surface area contributed by atoms with Gasteiger partial charge in [0.2, 0.25) is 0 Å². The molecule has 0 atom stereocenters. The first-order valence-electron chi connectivity index (χ1n) is 8.38. The van der Waals surface area contributed by atoms with Gasteiger partial charge in [-0.2, -0.15) is 0 Å². The van der Waals surface area contributed by atoms with E-state index in [1.807, 2.05) is 0 Å². The van der Waals surface area contributed by atoms with Crippen LogP contribution in [-0.4, -0.2) is 29.1 Å². The number of pyridine rings is 1. The van der Waals surface area contributed by atoms with Gasteiger partial charge in [-0.05, 0) is 31.1 Å². The van der Waals surface area contributed by atoms with Crippen molar-refractivity contribution in [2.45, 2.75) is 59.7 Å². The van der Waals surface area contributed by atoms with Crippen molar-refractivity contribution in [1.82, 2.24) is 14.8 Å². The van der Waals surface area contributed by atoms with E-state index in [4.69, 9.17) is 0 Å². The van der Waals surface area contributed by atoms with Crippen LogP contribution in [-0.2, 0) is 26.1 Å². The fourth-order valence-corrected chi connectivity index (χ4v) is 3.05. The van der Waals surface area contributed by atoms with Gasteiger partial charge in [0.15, 0.2) is 0 Å². The quantitative estimate of drug-likeness (QED) is 0.836. The minimum absolute atomic E-state index is 0.216. The van der Waals surface area contributed by atoms with Crippen molar-refractivity contribution in [3.05, 3.63) is 33.2 Å². The van der Waals surface area contributed by atoms with Gasteiger partial charge >= 0.3 is 0 Å². The van der Waals surface area contributed by atoms with Crippen LogP contribution in [0.15, 0.2) is 10.9 Å². The van der Waals surface area contributed by atoms with E-state index in [0.29, 0.717) is 6.54 Å². The summed E-state index contributed by atoms with van der Waals surface area (Å²) in [6, 6.07) is 2.14. The topological polar surface area (TPSA) is 37.3 Å². The van der Waals surface area contributed by atoms with Crippen LogP contribution in [0, 0.1) is 0 Å². The predicted molar refractivity (Wildman–Crippen MR) is 87.6 cm³/mol. The van der Waals surface area contributed by atoms with E-state index in [9.17, 15) is 4.79 Å². The number of nitrogens with zero attached hydrogens (tertiary/aromatic N) is 2. The lowest BCUT2D eigenvalue weighted by Crippen LogP contribution is -2.37. The second kappa shape index (κ2) is 7.76. The lowest BCUT2D eigenvalue weighted by atomic mass is 10.0. The van der Waals surface area contributed by atoms with Crippen molar-refractivity contribution in [2.75, 3.05) is 19.6 Å². The van der Waals surface area contributed by atoms with Crippen molar-refractivity contribution >= 4 is 0 Å². The van der Waals surface area contributed by atoms with Gasteiger partial charge in [-0.25, -0.2) is 0 Å². The van der Waals surface area contributed by atoms with Crippen LogP contribution < -0.4 is 10.9 Å². The molecule has 1 aliphatic rings.